The summed E-state index contributed by atoms with van der Waals surface area (Å²) in [5.74, 6) is -0.103. The topological polar surface area (TPSA) is 26.3 Å². The van der Waals surface area contributed by atoms with Crippen LogP contribution in [0.3, 0.4) is 0 Å². The summed E-state index contributed by atoms with van der Waals surface area (Å²) < 4.78 is 28.3. The van der Waals surface area contributed by atoms with Crippen LogP contribution in [0.15, 0.2) is 48.5 Å². The molecule has 2 aromatic rings. The maximum absolute atomic E-state index is 12.2. The van der Waals surface area contributed by atoms with Crippen LogP contribution in [-0.4, -0.2) is 12.4 Å². The average molecular weight is 276 g/mol. The zero-order valence-corrected chi connectivity index (χ0v) is 11.0. The Balaban J connectivity index is 2.15. The van der Waals surface area contributed by atoms with E-state index >= 15 is 0 Å². The number of carbonyl (C=O) groups excluding carboxylic acids is 1. The van der Waals surface area contributed by atoms with Crippen LogP contribution >= 0.6 is 0 Å². The van der Waals surface area contributed by atoms with Crippen molar-refractivity contribution >= 4 is 5.78 Å². The Kier molecular flexibility index (Phi) is 4.45. The van der Waals surface area contributed by atoms with Crippen molar-refractivity contribution in [3.63, 3.8) is 0 Å². The molecule has 0 heterocycles. The van der Waals surface area contributed by atoms with Gasteiger partial charge in [0.2, 0.25) is 0 Å². The van der Waals surface area contributed by atoms with Crippen molar-refractivity contribution < 1.29 is 18.3 Å². The lowest BCUT2D eigenvalue weighted by molar-refractivity contribution is -0.0498. The quantitative estimate of drug-likeness (QED) is 0.769. The highest BCUT2D eigenvalue weighted by atomic mass is 19.3. The predicted octanol–water partition coefficient (Wildman–Crippen LogP) is 4.08. The minimum Gasteiger partial charge on any atom is -0.435 e. The Morgan fingerprint density at radius 2 is 1.50 bits per heavy atom. The zero-order valence-electron chi connectivity index (χ0n) is 11.0. The largest absolute Gasteiger partial charge is 0.435 e. The Bertz CT molecular complexity index is 574. The molecule has 0 aliphatic rings. The first-order chi connectivity index (χ1) is 9.60. The van der Waals surface area contributed by atoms with Gasteiger partial charge < -0.3 is 4.74 Å². The van der Waals surface area contributed by atoms with Gasteiger partial charge in [-0.15, -0.1) is 0 Å². The lowest BCUT2D eigenvalue weighted by Gasteiger charge is -2.06. The standard InChI is InChI=1S/C16H14F2O2/c1-2-11-3-5-12(6-4-11)15(19)13-7-9-14(10-8-13)20-16(17)18/h3-10,16H,2H2,1H3. The van der Waals surface area contributed by atoms with Crippen LogP contribution in [0.5, 0.6) is 5.75 Å². The van der Waals surface area contributed by atoms with E-state index in [4.69, 9.17) is 0 Å². The van der Waals surface area contributed by atoms with Crippen LogP contribution < -0.4 is 4.74 Å². The van der Waals surface area contributed by atoms with E-state index < -0.39 is 6.61 Å². The molecule has 20 heavy (non-hydrogen) atoms. The lowest BCUT2D eigenvalue weighted by Crippen LogP contribution is -2.04. The van der Waals surface area contributed by atoms with Crippen molar-refractivity contribution in [3.8, 4) is 5.75 Å². The first-order valence-corrected chi connectivity index (χ1v) is 6.28. The molecule has 0 atom stereocenters. The first kappa shape index (κ1) is 14.2. The van der Waals surface area contributed by atoms with E-state index in [2.05, 4.69) is 4.74 Å². The molecule has 0 saturated heterocycles. The zero-order chi connectivity index (χ0) is 14.5. The molecule has 0 radical (unpaired) electrons. The minimum absolute atomic E-state index is 0.0397. The molecular weight excluding hydrogens is 262 g/mol. The second kappa shape index (κ2) is 6.28. The van der Waals surface area contributed by atoms with E-state index in [9.17, 15) is 13.6 Å². The van der Waals surface area contributed by atoms with E-state index in [0.717, 1.165) is 12.0 Å². The monoisotopic (exact) mass is 276 g/mol. The molecule has 4 heteroatoms. The van der Waals surface area contributed by atoms with Crippen molar-refractivity contribution in [1.82, 2.24) is 0 Å². The van der Waals surface area contributed by atoms with Gasteiger partial charge in [-0.3, -0.25) is 4.79 Å². The summed E-state index contributed by atoms with van der Waals surface area (Å²) in [6.07, 6.45) is 0.911. The summed E-state index contributed by atoms with van der Waals surface area (Å²) in [4.78, 5) is 12.2. The molecule has 0 spiro atoms. The van der Waals surface area contributed by atoms with E-state index in [-0.39, 0.29) is 11.5 Å². The van der Waals surface area contributed by atoms with Gasteiger partial charge in [-0.05, 0) is 36.2 Å². The molecule has 0 N–H and O–H groups in total. The molecule has 2 nitrogen and oxygen atoms in total. The van der Waals surface area contributed by atoms with Crippen molar-refractivity contribution in [1.29, 1.82) is 0 Å². The number of halogens is 2. The highest BCUT2D eigenvalue weighted by Gasteiger charge is 2.10. The number of hydrogen-bond acceptors (Lipinski definition) is 2. The second-order valence-electron chi connectivity index (χ2n) is 4.28. The van der Waals surface area contributed by atoms with Gasteiger partial charge in [0.1, 0.15) is 5.75 Å². The van der Waals surface area contributed by atoms with Gasteiger partial charge in [0, 0.05) is 11.1 Å². The van der Waals surface area contributed by atoms with Crippen LogP contribution in [0, 0.1) is 0 Å². The van der Waals surface area contributed by atoms with Gasteiger partial charge in [0.25, 0.3) is 0 Å². The number of alkyl halides is 2. The predicted molar refractivity (Wildman–Crippen MR) is 72.3 cm³/mol. The fraction of sp³-hybridized carbons (Fsp3) is 0.188. The third kappa shape index (κ3) is 3.41. The van der Waals surface area contributed by atoms with Crippen molar-refractivity contribution in [2.75, 3.05) is 0 Å². The van der Waals surface area contributed by atoms with Gasteiger partial charge in [0.15, 0.2) is 5.78 Å². The molecule has 0 aromatic heterocycles. The molecule has 104 valence electrons. The number of aryl methyl sites for hydroxylation is 1. The molecule has 0 aliphatic carbocycles. The van der Waals surface area contributed by atoms with Crippen LogP contribution in [0.25, 0.3) is 0 Å². The van der Waals surface area contributed by atoms with E-state index in [1.165, 1.54) is 24.3 Å². The highest BCUT2D eigenvalue weighted by Crippen LogP contribution is 2.17. The molecule has 0 bridgehead atoms. The van der Waals surface area contributed by atoms with Crippen LogP contribution in [0.1, 0.15) is 28.4 Å². The van der Waals surface area contributed by atoms with Crippen molar-refractivity contribution in [2.45, 2.75) is 20.0 Å². The van der Waals surface area contributed by atoms with Crippen molar-refractivity contribution in [2.24, 2.45) is 0 Å². The summed E-state index contributed by atoms with van der Waals surface area (Å²) in [5, 5.41) is 0. The number of rotatable bonds is 5. The third-order valence-electron chi connectivity index (χ3n) is 2.97. The Morgan fingerprint density at radius 1 is 1.00 bits per heavy atom. The van der Waals surface area contributed by atoms with Gasteiger partial charge >= 0.3 is 6.61 Å². The molecule has 0 fully saturated rings. The maximum atomic E-state index is 12.2. The second-order valence-corrected chi connectivity index (χ2v) is 4.28. The molecule has 0 saturated carbocycles. The van der Waals surface area contributed by atoms with Crippen LogP contribution in [0.2, 0.25) is 0 Å². The normalized spacial score (nSPS) is 10.6. The molecule has 0 unspecified atom stereocenters. The summed E-state index contributed by atoms with van der Waals surface area (Å²) in [6.45, 7) is -0.823. The maximum Gasteiger partial charge on any atom is 0.387 e. The minimum atomic E-state index is -2.86. The molecule has 0 aliphatic heterocycles. The lowest BCUT2D eigenvalue weighted by atomic mass is 10.0. The van der Waals surface area contributed by atoms with Gasteiger partial charge in [-0.2, -0.15) is 8.78 Å². The Labute approximate surface area is 116 Å². The van der Waals surface area contributed by atoms with E-state index in [1.54, 1.807) is 12.1 Å². The summed E-state index contributed by atoms with van der Waals surface area (Å²) >= 11 is 0. The van der Waals surface area contributed by atoms with E-state index in [0.29, 0.717) is 11.1 Å². The highest BCUT2D eigenvalue weighted by molar-refractivity contribution is 6.09. The fourth-order valence-corrected chi connectivity index (χ4v) is 1.85. The SMILES string of the molecule is CCc1ccc(C(=O)c2ccc(OC(F)F)cc2)cc1. The Hall–Kier alpha value is -2.23. The van der Waals surface area contributed by atoms with Gasteiger partial charge in [-0.1, -0.05) is 31.2 Å². The van der Waals surface area contributed by atoms with Gasteiger partial charge in [-0.25, -0.2) is 0 Å². The molecule has 2 aromatic carbocycles. The molecular formula is C16H14F2O2. The third-order valence-corrected chi connectivity index (χ3v) is 2.97. The summed E-state index contributed by atoms with van der Waals surface area (Å²) in [5.41, 5.74) is 2.17. The van der Waals surface area contributed by atoms with Crippen LogP contribution in [-0.2, 0) is 6.42 Å². The van der Waals surface area contributed by atoms with Crippen molar-refractivity contribution in [3.05, 3.63) is 65.2 Å². The number of hydrogen-bond donors (Lipinski definition) is 0. The first-order valence-electron chi connectivity index (χ1n) is 6.28. The average Bonchev–Trinajstić information content (AvgIpc) is 2.47. The van der Waals surface area contributed by atoms with Crippen LogP contribution in [0.4, 0.5) is 8.78 Å². The number of benzene rings is 2. The molecule has 0 amide bonds. The fourth-order valence-electron chi connectivity index (χ4n) is 1.85. The van der Waals surface area contributed by atoms with E-state index in [1.807, 2.05) is 19.1 Å². The number of carbonyl (C=O) groups is 1. The summed E-state index contributed by atoms with van der Waals surface area (Å²) in [7, 11) is 0. The summed E-state index contributed by atoms with van der Waals surface area (Å²) in [6, 6.07) is 13.0. The van der Waals surface area contributed by atoms with Gasteiger partial charge in [0.05, 0.1) is 0 Å². The smallest absolute Gasteiger partial charge is 0.387 e. The number of ether oxygens (including phenoxy) is 1. The Morgan fingerprint density at radius 3 is 1.95 bits per heavy atom. The number of ketones is 1. The molecule has 2 rings (SSSR count).